The summed E-state index contributed by atoms with van der Waals surface area (Å²) in [5.41, 5.74) is 1.21. The fourth-order valence-corrected chi connectivity index (χ4v) is 2.92. The van der Waals surface area contributed by atoms with Gasteiger partial charge < -0.3 is 5.32 Å². The lowest BCUT2D eigenvalue weighted by Crippen LogP contribution is -2.16. The van der Waals surface area contributed by atoms with E-state index in [9.17, 15) is 18.0 Å². The second-order valence-corrected chi connectivity index (χ2v) is 6.64. The van der Waals surface area contributed by atoms with Gasteiger partial charge in [-0.2, -0.15) is 18.3 Å². The SMILES string of the molecule is Cc1cc(C(F)(F)F)n(-c2ccc(NC(=O)c3cncc(-c4ccccc4)c3)nn2)n1. The molecule has 0 saturated carbocycles. The lowest BCUT2D eigenvalue weighted by Gasteiger charge is -2.10. The third-order valence-electron chi connectivity index (χ3n) is 4.34. The van der Waals surface area contributed by atoms with Gasteiger partial charge in [0.1, 0.15) is 5.69 Å². The first-order chi connectivity index (χ1) is 14.8. The number of aryl methyl sites for hydroxylation is 1. The van der Waals surface area contributed by atoms with Crippen molar-refractivity contribution in [2.24, 2.45) is 0 Å². The van der Waals surface area contributed by atoms with Crippen LogP contribution in [0.2, 0.25) is 0 Å². The van der Waals surface area contributed by atoms with Crippen molar-refractivity contribution in [3.8, 4) is 16.9 Å². The van der Waals surface area contributed by atoms with Crippen molar-refractivity contribution in [2.75, 3.05) is 5.32 Å². The molecule has 156 valence electrons. The van der Waals surface area contributed by atoms with Gasteiger partial charge in [0.05, 0.1) is 11.3 Å². The summed E-state index contributed by atoms with van der Waals surface area (Å²) in [5.74, 6) is -0.513. The third-order valence-corrected chi connectivity index (χ3v) is 4.34. The molecule has 1 aromatic carbocycles. The Morgan fingerprint density at radius 3 is 2.42 bits per heavy atom. The number of carbonyl (C=O) groups excluding carboxylic acids is 1. The maximum atomic E-state index is 13.2. The normalized spacial score (nSPS) is 11.4. The molecule has 3 aromatic heterocycles. The van der Waals surface area contributed by atoms with Crippen LogP contribution in [-0.2, 0) is 6.18 Å². The Balaban J connectivity index is 1.54. The van der Waals surface area contributed by atoms with Gasteiger partial charge in [-0.25, -0.2) is 4.68 Å². The summed E-state index contributed by atoms with van der Waals surface area (Å²) < 4.78 is 40.2. The molecule has 1 amide bonds. The Hall–Kier alpha value is -4.08. The lowest BCUT2D eigenvalue weighted by atomic mass is 10.1. The predicted molar refractivity (Wildman–Crippen MR) is 107 cm³/mol. The number of benzene rings is 1. The molecule has 10 heteroatoms. The molecule has 0 bridgehead atoms. The molecule has 0 fully saturated rings. The van der Waals surface area contributed by atoms with Crippen LogP contribution in [0.5, 0.6) is 0 Å². The van der Waals surface area contributed by atoms with Gasteiger partial charge in [-0.3, -0.25) is 9.78 Å². The van der Waals surface area contributed by atoms with Crippen LogP contribution in [-0.4, -0.2) is 30.9 Å². The Labute approximate surface area is 174 Å². The molecule has 4 aromatic rings. The number of amides is 1. The quantitative estimate of drug-likeness (QED) is 0.528. The second kappa shape index (κ2) is 7.98. The van der Waals surface area contributed by atoms with Crippen molar-refractivity contribution in [1.82, 2.24) is 25.0 Å². The van der Waals surface area contributed by atoms with Crippen molar-refractivity contribution >= 4 is 11.7 Å². The largest absolute Gasteiger partial charge is 0.433 e. The molecule has 0 aliphatic rings. The summed E-state index contributed by atoms with van der Waals surface area (Å²) >= 11 is 0. The number of rotatable bonds is 4. The topological polar surface area (TPSA) is 85.6 Å². The van der Waals surface area contributed by atoms with E-state index < -0.39 is 17.8 Å². The van der Waals surface area contributed by atoms with E-state index in [2.05, 4.69) is 25.6 Å². The molecular formula is C21H15F3N6O. The van der Waals surface area contributed by atoms with E-state index in [0.29, 0.717) is 10.2 Å². The maximum absolute atomic E-state index is 13.2. The number of carbonyl (C=O) groups is 1. The highest BCUT2D eigenvalue weighted by Gasteiger charge is 2.36. The molecule has 0 saturated heterocycles. The van der Waals surface area contributed by atoms with Crippen molar-refractivity contribution < 1.29 is 18.0 Å². The number of alkyl halides is 3. The van der Waals surface area contributed by atoms with Crippen LogP contribution in [0.15, 0.2) is 67.0 Å². The van der Waals surface area contributed by atoms with Gasteiger partial charge in [-0.05, 0) is 36.8 Å². The highest BCUT2D eigenvalue weighted by atomic mass is 19.4. The van der Waals surface area contributed by atoms with Gasteiger partial charge >= 0.3 is 6.18 Å². The minimum atomic E-state index is -4.59. The molecule has 0 unspecified atom stereocenters. The highest BCUT2D eigenvalue weighted by molar-refractivity contribution is 6.04. The van der Waals surface area contributed by atoms with E-state index in [4.69, 9.17) is 0 Å². The average molecular weight is 424 g/mol. The number of pyridine rings is 1. The van der Waals surface area contributed by atoms with Gasteiger partial charge in [0.2, 0.25) is 0 Å². The Morgan fingerprint density at radius 1 is 0.968 bits per heavy atom. The smallest absolute Gasteiger partial charge is 0.305 e. The fourth-order valence-electron chi connectivity index (χ4n) is 2.92. The molecule has 1 N–H and O–H groups in total. The molecule has 31 heavy (non-hydrogen) atoms. The number of hydrogen-bond acceptors (Lipinski definition) is 5. The zero-order valence-corrected chi connectivity index (χ0v) is 16.1. The summed E-state index contributed by atoms with van der Waals surface area (Å²) in [7, 11) is 0. The summed E-state index contributed by atoms with van der Waals surface area (Å²) in [6, 6.07) is 14.7. The van der Waals surface area contributed by atoms with Gasteiger partial charge in [0.15, 0.2) is 11.6 Å². The zero-order valence-electron chi connectivity index (χ0n) is 16.1. The van der Waals surface area contributed by atoms with E-state index >= 15 is 0 Å². The third kappa shape index (κ3) is 4.42. The predicted octanol–water partition coefficient (Wildman–Crippen LogP) is 4.30. The molecule has 0 aliphatic carbocycles. The van der Waals surface area contributed by atoms with Crippen LogP contribution >= 0.6 is 0 Å². The van der Waals surface area contributed by atoms with E-state index in [1.54, 1.807) is 12.3 Å². The minimum Gasteiger partial charge on any atom is -0.305 e. The number of aromatic nitrogens is 5. The Kier molecular flexibility index (Phi) is 5.20. The van der Waals surface area contributed by atoms with Crippen LogP contribution in [0, 0.1) is 6.92 Å². The van der Waals surface area contributed by atoms with Gasteiger partial charge in [0.25, 0.3) is 5.91 Å². The standard InChI is InChI=1S/C21H15F3N6O/c1-13-9-17(21(22,23)24)30(29-13)19-8-7-18(27-28-19)26-20(31)16-10-15(11-25-12-16)14-5-3-2-4-6-14/h2-12H,1H3,(H,26,27,31). The van der Waals surface area contributed by atoms with E-state index in [1.165, 1.54) is 25.3 Å². The first-order valence-corrected chi connectivity index (χ1v) is 9.11. The molecule has 0 atom stereocenters. The molecule has 7 nitrogen and oxygen atoms in total. The second-order valence-electron chi connectivity index (χ2n) is 6.64. The van der Waals surface area contributed by atoms with Crippen LogP contribution < -0.4 is 5.32 Å². The van der Waals surface area contributed by atoms with Gasteiger partial charge in [-0.1, -0.05) is 30.3 Å². The van der Waals surface area contributed by atoms with Crippen molar-refractivity contribution in [2.45, 2.75) is 13.1 Å². The van der Waals surface area contributed by atoms with Crippen LogP contribution in [0.4, 0.5) is 19.0 Å². The average Bonchev–Trinajstić information content (AvgIpc) is 3.17. The zero-order chi connectivity index (χ0) is 22.0. The van der Waals surface area contributed by atoms with E-state index in [-0.39, 0.29) is 17.3 Å². The molecule has 0 spiro atoms. The molecular weight excluding hydrogens is 409 g/mol. The number of halogens is 3. The maximum Gasteiger partial charge on any atom is 0.433 e. The fraction of sp³-hybridized carbons (Fsp3) is 0.0952. The summed E-state index contributed by atoms with van der Waals surface area (Å²) in [6.07, 6.45) is -1.54. The highest BCUT2D eigenvalue weighted by Crippen LogP contribution is 2.31. The molecule has 0 aliphatic heterocycles. The van der Waals surface area contributed by atoms with Gasteiger partial charge in [-0.15, -0.1) is 10.2 Å². The van der Waals surface area contributed by atoms with Crippen LogP contribution in [0.25, 0.3) is 16.9 Å². The minimum absolute atomic E-state index is 0.0799. The van der Waals surface area contributed by atoms with Crippen molar-refractivity contribution in [1.29, 1.82) is 0 Å². The van der Waals surface area contributed by atoms with Gasteiger partial charge in [0, 0.05) is 18.0 Å². The number of nitrogens with one attached hydrogen (secondary N) is 1. The summed E-state index contributed by atoms with van der Waals surface area (Å²) in [5, 5.41) is 14.0. The summed E-state index contributed by atoms with van der Waals surface area (Å²) in [6.45, 7) is 1.45. The summed E-state index contributed by atoms with van der Waals surface area (Å²) in [4.78, 5) is 16.7. The Bertz CT molecular complexity index is 1220. The Morgan fingerprint density at radius 2 is 1.74 bits per heavy atom. The van der Waals surface area contributed by atoms with Crippen molar-refractivity contribution in [3.05, 3.63) is 83.9 Å². The molecule has 4 rings (SSSR count). The lowest BCUT2D eigenvalue weighted by molar-refractivity contribution is -0.142. The van der Waals surface area contributed by atoms with Crippen molar-refractivity contribution in [3.63, 3.8) is 0 Å². The molecule has 3 heterocycles. The monoisotopic (exact) mass is 424 g/mol. The number of anilines is 1. The van der Waals surface area contributed by atoms with Crippen LogP contribution in [0.3, 0.4) is 0 Å². The first kappa shape index (κ1) is 20.2. The molecule has 0 radical (unpaired) electrons. The first-order valence-electron chi connectivity index (χ1n) is 9.11. The number of nitrogens with zero attached hydrogens (tertiary/aromatic N) is 5. The van der Waals surface area contributed by atoms with Crippen LogP contribution in [0.1, 0.15) is 21.7 Å². The number of hydrogen-bond donors (Lipinski definition) is 1. The van der Waals surface area contributed by atoms with E-state index in [1.807, 2.05) is 30.3 Å². The van der Waals surface area contributed by atoms with E-state index in [0.717, 1.165) is 17.2 Å².